The maximum absolute atomic E-state index is 10.2. The van der Waals surface area contributed by atoms with E-state index in [9.17, 15) is 10.2 Å². The average molecular weight is 312 g/mol. The average Bonchev–Trinajstić information content (AvgIpc) is 2.86. The van der Waals surface area contributed by atoms with Gasteiger partial charge in [0.25, 0.3) is 0 Å². The van der Waals surface area contributed by atoms with Gasteiger partial charge in [0.1, 0.15) is 6.10 Å². The maximum Gasteiger partial charge on any atom is 0.165 e. The minimum absolute atomic E-state index is 0.0790. The van der Waals surface area contributed by atoms with E-state index in [2.05, 4.69) is 6.92 Å². The summed E-state index contributed by atoms with van der Waals surface area (Å²) in [6.07, 6.45) is 3.65. The predicted molar refractivity (Wildman–Crippen MR) is 89.3 cm³/mol. The molecule has 0 aromatic heterocycles. The number of fused-ring (bicyclic) bond motifs is 1. The molecular formula is C19H20O4. The molecule has 2 N–H and O–H groups in total. The van der Waals surface area contributed by atoms with E-state index in [1.807, 2.05) is 31.2 Å². The SMILES string of the molecule is CC=Cc1cc(O)c2c(c1)C(C)C(c1ccc(O)c(OC)c1)O2. The van der Waals surface area contributed by atoms with Crippen LogP contribution >= 0.6 is 0 Å². The molecule has 120 valence electrons. The van der Waals surface area contributed by atoms with Crippen LogP contribution in [0.25, 0.3) is 6.08 Å². The van der Waals surface area contributed by atoms with Gasteiger partial charge in [-0.2, -0.15) is 0 Å². The summed E-state index contributed by atoms with van der Waals surface area (Å²) in [6, 6.07) is 8.92. The molecule has 2 atom stereocenters. The summed E-state index contributed by atoms with van der Waals surface area (Å²) in [6.45, 7) is 4.00. The highest BCUT2D eigenvalue weighted by molar-refractivity contribution is 5.61. The van der Waals surface area contributed by atoms with Crippen molar-refractivity contribution in [2.45, 2.75) is 25.9 Å². The number of phenols is 2. The molecule has 23 heavy (non-hydrogen) atoms. The van der Waals surface area contributed by atoms with E-state index in [0.29, 0.717) is 11.5 Å². The second-order valence-corrected chi connectivity index (χ2v) is 5.72. The Labute approximate surface area is 135 Å². The lowest BCUT2D eigenvalue weighted by molar-refractivity contribution is 0.208. The number of methoxy groups -OCH3 is 1. The van der Waals surface area contributed by atoms with E-state index < -0.39 is 0 Å². The van der Waals surface area contributed by atoms with Gasteiger partial charge >= 0.3 is 0 Å². The number of rotatable bonds is 3. The first-order valence-corrected chi connectivity index (χ1v) is 7.58. The van der Waals surface area contributed by atoms with E-state index in [4.69, 9.17) is 9.47 Å². The largest absolute Gasteiger partial charge is 0.504 e. The zero-order chi connectivity index (χ0) is 16.6. The van der Waals surface area contributed by atoms with Crippen molar-refractivity contribution >= 4 is 6.08 Å². The fraction of sp³-hybridized carbons (Fsp3) is 0.263. The van der Waals surface area contributed by atoms with Gasteiger partial charge in [0.15, 0.2) is 23.0 Å². The summed E-state index contributed by atoms with van der Waals surface area (Å²) in [5.41, 5.74) is 2.83. The molecule has 0 bridgehead atoms. The molecule has 0 saturated carbocycles. The molecule has 1 aliphatic heterocycles. The van der Waals surface area contributed by atoms with Crippen LogP contribution in [-0.4, -0.2) is 17.3 Å². The molecule has 2 unspecified atom stereocenters. The minimum Gasteiger partial charge on any atom is -0.504 e. The third kappa shape index (κ3) is 2.61. The fourth-order valence-corrected chi connectivity index (χ4v) is 3.03. The van der Waals surface area contributed by atoms with Gasteiger partial charge < -0.3 is 19.7 Å². The molecular weight excluding hydrogens is 292 g/mol. The van der Waals surface area contributed by atoms with Crippen molar-refractivity contribution in [3.05, 3.63) is 53.1 Å². The van der Waals surface area contributed by atoms with Crippen LogP contribution in [0, 0.1) is 0 Å². The third-order valence-electron chi connectivity index (χ3n) is 4.20. The first-order chi connectivity index (χ1) is 11.0. The molecule has 1 aliphatic rings. The highest BCUT2D eigenvalue weighted by atomic mass is 16.5. The molecule has 2 aromatic rings. The van der Waals surface area contributed by atoms with E-state index >= 15 is 0 Å². The summed E-state index contributed by atoms with van der Waals surface area (Å²) in [7, 11) is 1.52. The van der Waals surface area contributed by atoms with Crippen molar-refractivity contribution in [1.29, 1.82) is 0 Å². The molecule has 3 rings (SSSR count). The van der Waals surface area contributed by atoms with Gasteiger partial charge in [-0.25, -0.2) is 0 Å². The van der Waals surface area contributed by atoms with Crippen LogP contribution in [0.1, 0.15) is 42.6 Å². The van der Waals surface area contributed by atoms with E-state index in [0.717, 1.165) is 16.7 Å². The zero-order valence-electron chi connectivity index (χ0n) is 13.4. The monoisotopic (exact) mass is 312 g/mol. The summed E-state index contributed by atoms with van der Waals surface area (Å²) in [5, 5.41) is 20.0. The Hall–Kier alpha value is -2.62. The lowest BCUT2D eigenvalue weighted by Crippen LogP contribution is -2.07. The molecule has 0 fully saturated rings. The van der Waals surface area contributed by atoms with Crippen molar-refractivity contribution in [2.75, 3.05) is 7.11 Å². The second kappa shape index (κ2) is 5.88. The van der Waals surface area contributed by atoms with Crippen molar-refractivity contribution in [3.8, 4) is 23.0 Å². The quantitative estimate of drug-likeness (QED) is 0.883. The Morgan fingerprint density at radius 2 is 1.91 bits per heavy atom. The standard InChI is InChI=1S/C19H20O4/c1-4-5-12-8-14-11(2)18(23-19(14)16(21)9-12)13-6-7-15(20)17(10-13)22-3/h4-11,18,20-21H,1-3H3. The van der Waals surface area contributed by atoms with E-state index in [-0.39, 0.29) is 23.5 Å². The first-order valence-electron chi connectivity index (χ1n) is 7.58. The molecule has 0 spiro atoms. The van der Waals surface area contributed by atoms with E-state index in [1.54, 1.807) is 18.2 Å². The lowest BCUT2D eigenvalue weighted by Gasteiger charge is -2.17. The minimum atomic E-state index is -0.230. The van der Waals surface area contributed by atoms with Crippen LogP contribution in [0.2, 0.25) is 0 Å². The van der Waals surface area contributed by atoms with Crippen LogP contribution < -0.4 is 9.47 Å². The Morgan fingerprint density at radius 1 is 1.13 bits per heavy atom. The number of phenolic OH excluding ortho intramolecular Hbond substituents is 2. The highest BCUT2D eigenvalue weighted by Crippen LogP contribution is 2.51. The molecule has 0 radical (unpaired) electrons. The van der Waals surface area contributed by atoms with Crippen molar-refractivity contribution in [2.24, 2.45) is 0 Å². The van der Waals surface area contributed by atoms with Crippen LogP contribution in [0.4, 0.5) is 0 Å². The van der Waals surface area contributed by atoms with Gasteiger partial charge in [-0.1, -0.05) is 25.1 Å². The Morgan fingerprint density at radius 3 is 2.61 bits per heavy atom. The van der Waals surface area contributed by atoms with E-state index in [1.165, 1.54) is 7.11 Å². The number of hydrogen-bond acceptors (Lipinski definition) is 4. The molecule has 2 aromatic carbocycles. The summed E-state index contributed by atoms with van der Waals surface area (Å²) >= 11 is 0. The third-order valence-corrected chi connectivity index (χ3v) is 4.20. The van der Waals surface area contributed by atoms with Gasteiger partial charge in [-0.15, -0.1) is 0 Å². The molecule has 0 saturated heterocycles. The summed E-state index contributed by atoms with van der Waals surface area (Å²) < 4.78 is 11.2. The van der Waals surface area contributed by atoms with Crippen LogP contribution in [0.15, 0.2) is 36.4 Å². The van der Waals surface area contributed by atoms with Gasteiger partial charge in [0.05, 0.1) is 7.11 Å². The van der Waals surface area contributed by atoms with Crippen LogP contribution in [0.5, 0.6) is 23.0 Å². The number of allylic oxidation sites excluding steroid dienone is 1. The van der Waals surface area contributed by atoms with Gasteiger partial charge in [0, 0.05) is 11.5 Å². The number of hydrogen-bond donors (Lipinski definition) is 2. The number of benzene rings is 2. The highest BCUT2D eigenvalue weighted by Gasteiger charge is 2.34. The molecule has 0 aliphatic carbocycles. The van der Waals surface area contributed by atoms with Gasteiger partial charge in [-0.3, -0.25) is 0 Å². The lowest BCUT2D eigenvalue weighted by atomic mass is 9.91. The van der Waals surface area contributed by atoms with Crippen molar-refractivity contribution in [1.82, 2.24) is 0 Å². The number of aromatic hydroxyl groups is 2. The predicted octanol–water partition coefficient (Wildman–Crippen LogP) is 4.38. The summed E-state index contributed by atoms with van der Waals surface area (Å²) in [5.74, 6) is 1.26. The molecule has 4 heteroatoms. The first kappa shape index (κ1) is 15.3. The maximum atomic E-state index is 10.2. The number of ether oxygens (including phenoxy) is 2. The van der Waals surface area contributed by atoms with Gasteiger partial charge in [0.2, 0.25) is 0 Å². The normalized spacial score (nSPS) is 19.6. The zero-order valence-corrected chi connectivity index (χ0v) is 13.4. The summed E-state index contributed by atoms with van der Waals surface area (Å²) in [4.78, 5) is 0. The topological polar surface area (TPSA) is 58.9 Å². The fourth-order valence-electron chi connectivity index (χ4n) is 3.03. The smallest absolute Gasteiger partial charge is 0.165 e. The van der Waals surface area contributed by atoms with Gasteiger partial charge in [-0.05, 0) is 42.3 Å². The molecule has 4 nitrogen and oxygen atoms in total. The Balaban J connectivity index is 2.00. The molecule has 1 heterocycles. The van der Waals surface area contributed by atoms with Crippen LogP contribution in [-0.2, 0) is 0 Å². The van der Waals surface area contributed by atoms with Crippen LogP contribution in [0.3, 0.4) is 0 Å². The Kier molecular flexibility index (Phi) is 3.90. The molecule has 0 amide bonds. The Bertz CT molecular complexity index is 764. The van der Waals surface area contributed by atoms with Crippen molar-refractivity contribution in [3.63, 3.8) is 0 Å². The van der Waals surface area contributed by atoms with Crippen molar-refractivity contribution < 1.29 is 19.7 Å². The second-order valence-electron chi connectivity index (χ2n) is 5.72.